The van der Waals surface area contributed by atoms with Crippen LogP contribution in [0.5, 0.6) is 5.75 Å². The molecule has 0 atom stereocenters. The van der Waals surface area contributed by atoms with Gasteiger partial charge >= 0.3 is 5.97 Å². The molecule has 0 bridgehead atoms. The molecule has 0 amide bonds. The number of hydrogen-bond donors (Lipinski definition) is 1. The number of ether oxygens (including phenoxy) is 1. The standard InChI is InChI=1S/C13H15FO5S/c1-19-10-6-8(13(3-4-13)7-11(15)16)5-9(14)12(10)20(2,17)18/h5-6H,3-4,7H2,1-2H3,(H,15,16). The Hall–Kier alpha value is -1.63. The number of sulfone groups is 1. The summed E-state index contributed by atoms with van der Waals surface area (Å²) in [7, 11) is -2.50. The molecule has 0 unspecified atom stereocenters. The molecule has 5 nitrogen and oxygen atoms in total. The van der Waals surface area contributed by atoms with Crippen molar-refractivity contribution >= 4 is 15.8 Å². The molecule has 1 saturated carbocycles. The van der Waals surface area contributed by atoms with Crippen molar-refractivity contribution in [3.8, 4) is 5.75 Å². The largest absolute Gasteiger partial charge is 0.495 e. The molecule has 1 aromatic rings. The Morgan fingerprint density at radius 3 is 2.45 bits per heavy atom. The second-order valence-corrected chi connectivity index (χ2v) is 7.07. The van der Waals surface area contributed by atoms with E-state index < -0.39 is 31.9 Å². The highest BCUT2D eigenvalue weighted by atomic mass is 32.2. The van der Waals surface area contributed by atoms with Crippen LogP contribution in [0.1, 0.15) is 24.8 Å². The Kier molecular flexibility index (Phi) is 3.49. The number of benzene rings is 1. The summed E-state index contributed by atoms with van der Waals surface area (Å²) in [5, 5.41) is 8.91. The Bertz CT molecular complexity index is 662. The van der Waals surface area contributed by atoms with Gasteiger partial charge in [0.15, 0.2) is 9.84 Å². The normalized spacial score (nSPS) is 16.8. The molecule has 0 saturated heterocycles. The van der Waals surface area contributed by atoms with Gasteiger partial charge in [0.2, 0.25) is 0 Å². The van der Waals surface area contributed by atoms with Gasteiger partial charge in [0.25, 0.3) is 0 Å². The summed E-state index contributed by atoms with van der Waals surface area (Å²) in [5.74, 6) is -1.95. The molecule has 1 aliphatic carbocycles. The summed E-state index contributed by atoms with van der Waals surface area (Å²) in [6, 6.07) is 2.53. The Morgan fingerprint density at radius 2 is 2.05 bits per heavy atom. The lowest BCUT2D eigenvalue weighted by molar-refractivity contribution is -0.137. The number of hydrogen-bond acceptors (Lipinski definition) is 4. The van der Waals surface area contributed by atoms with Gasteiger partial charge in [0.05, 0.1) is 13.5 Å². The molecule has 7 heteroatoms. The van der Waals surface area contributed by atoms with Crippen LogP contribution in [0.4, 0.5) is 4.39 Å². The fourth-order valence-electron chi connectivity index (χ4n) is 2.39. The summed E-state index contributed by atoms with van der Waals surface area (Å²) in [4.78, 5) is 10.4. The third-order valence-corrected chi connectivity index (χ3v) is 4.69. The van der Waals surface area contributed by atoms with Gasteiger partial charge in [-0.3, -0.25) is 4.79 Å². The fourth-order valence-corrected chi connectivity index (χ4v) is 3.31. The third-order valence-electron chi connectivity index (χ3n) is 3.56. The molecule has 1 aliphatic rings. The minimum absolute atomic E-state index is 0.0841. The van der Waals surface area contributed by atoms with Crippen molar-refractivity contribution in [1.82, 2.24) is 0 Å². The third kappa shape index (κ3) is 2.63. The lowest BCUT2D eigenvalue weighted by atomic mass is 9.92. The van der Waals surface area contributed by atoms with Crippen molar-refractivity contribution in [3.05, 3.63) is 23.5 Å². The second kappa shape index (κ2) is 4.73. The van der Waals surface area contributed by atoms with Gasteiger partial charge in [-0.15, -0.1) is 0 Å². The number of methoxy groups -OCH3 is 1. The van der Waals surface area contributed by atoms with E-state index in [2.05, 4.69) is 0 Å². The van der Waals surface area contributed by atoms with Crippen LogP contribution in [0.3, 0.4) is 0 Å². The molecular weight excluding hydrogens is 287 g/mol. The van der Waals surface area contributed by atoms with Crippen molar-refractivity contribution in [1.29, 1.82) is 0 Å². The average Bonchev–Trinajstić information content (AvgIpc) is 3.06. The second-order valence-electron chi connectivity index (χ2n) is 5.11. The number of carboxylic acid groups (broad SMARTS) is 1. The van der Waals surface area contributed by atoms with Crippen LogP contribution in [-0.2, 0) is 20.0 Å². The number of carbonyl (C=O) groups is 1. The number of halogens is 1. The van der Waals surface area contributed by atoms with Crippen molar-refractivity contribution < 1.29 is 27.4 Å². The van der Waals surface area contributed by atoms with E-state index in [1.165, 1.54) is 13.2 Å². The van der Waals surface area contributed by atoms with Crippen LogP contribution >= 0.6 is 0 Å². The van der Waals surface area contributed by atoms with Crippen LogP contribution in [0.2, 0.25) is 0 Å². The summed E-state index contributed by atoms with van der Waals surface area (Å²) in [6.07, 6.45) is 2.08. The van der Waals surface area contributed by atoms with E-state index in [1.807, 2.05) is 0 Å². The maximum absolute atomic E-state index is 14.1. The summed E-state index contributed by atoms with van der Waals surface area (Å²) in [6.45, 7) is 0. The van der Waals surface area contributed by atoms with E-state index in [-0.39, 0.29) is 12.2 Å². The zero-order valence-corrected chi connectivity index (χ0v) is 12.0. The van der Waals surface area contributed by atoms with Crippen LogP contribution in [0.15, 0.2) is 17.0 Å². The highest BCUT2D eigenvalue weighted by Crippen LogP contribution is 2.52. The molecule has 1 fully saturated rings. The molecule has 0 radical (unpaired) electrons. The van der Waals surface area contributed by atoms with E-state index in [0.29, 0.717) is 18.4 Å². The first kappa shape index (κ1) is 14.8. The predicted molar refractivity (Wildman–Crippen MR) is 69.2 cm³/mol. The van der Waals surface area contributed by atoms with E-state index in [9.17, 15) is 17.6 Å². The first-order valence-electron chi connectivity index (χ1n) is 5.99. The topological polar surface area (TPSA) is 80.7 Å². The lowest BCUT2D eigenvalue weighted by Crippen LogP contribution is -2.15. The number of aliphatic carboxylic acids is 1. The van der Waals surface area contributed by atoms with Crippen molar-refractivity contribution in [2.24, 2.45) is 0 Å². The maximum atomic E-state index is 14.1. The molecule has 0 aromatic heterocycles. The van der Waals surface area contributed by atoms with Gasteiger partial charge in [-0.05, 0) is 30.5 Å². The smallest absolute Gasteiger partial charge is 0.304 e. The first-order valence-corrected chi connectivity index (χ1v) is 7.89. The van der Waals surface area contributed by atoms with Crippen molar-refractivity contribution in [2.75, 3.05) is 13.4 Å². The molecule has 20 heavy (non-hydrogen) atoms. The minimum atomic E-state index is -3.76. The van der Waals surface area contributed by atoms with E-state index in [4.69, 9.17) is 9.84 Å². The van der Waals surface area contributed by atoms with E-state index in [0.717, 1.165) is 12.3 Å². The van der Waals surface area contributed by atoms with Gasteiger partial charge in [0.1, 0.15) is 16.5 Å². The van der Waals surface area contributed by atoms with Gasteiger partial charge in [0, 0.05) is 11.7 Å². The molecular formula is C13H15FO5S. The molecule has 1 aromatic carbocycles. The van der Waals surface area contributed by atoms with Gasteiger partial charge in [-0.2, -0.15) is 0 Å². The number of carboxylic acids is 1. The van der Waals surface area contributed by atoms with Gasteiger partial charge < -0.3 is 9.84 Å². The van der Waals surface area contributed by atoms with Crippen LogP contribution < -0.4 is 4.74 Å². The highest BCUT2D eigenvalue weighted by Gasteiger charge is 2.47. The van der Waals surface area contributed by atoms with E-state index in [1.54, 1.807) is 0 Å². The molecule has 110 valence electrons. The fraction of sp³-hybridized carbons (Fsp3) is 0.462. The lowest BCUT2D eigenvalue weighted by Gasteiger charge is -2.16. The predicted octanol–water partition coefficient (Wildman–Crippen LogP) is 1.74. The molecule has 0 aliphatic heterocycles. The van der Waals surface area contributed by atoms with Crippen molar-refractivity contribution in [3.63, 3.8) is 0 Å². The monoisotopic (exact) mass is 302 g/mol. The van der Waals surface area contributed by atoms with Crippen molar-refractivity contribution in [2.45, 2.75) is 29.6 Å². The zero-order valence-electron chi connectivity index (χ0n) is 11.1. The van der Waals surface area contributed by atoms with Crippen LogP contribution in [0.25, 0.3) is 0 Å². The quantitative estimate of drug-likeness (QED) is 0.896. The Labute approximate surface area is 116 Å². The first-order chi connectivity index (χ1) is 9.19. The number of rotatable bonds is 5. The molecule has 2 rings (SSSR count). The van der Waals surface area contributed by atoms with E-state index >= 15 is 0 Å². The van der Waals surface area contributed by atoms with Gasteiger partial charge in [-0.25, -0.2) is 12.8 Å². The molecule has 0 heterocycles. The Balaban J connectivity index is 2.55. The molecule has 0 spiro atoms. The summed E-state index contributed by atoms with van der Waals surface area (Å²) >= 11 is 0. The zero-order chi connectivity index (χ0) is 15.1. The summed E-state index contributed by atoms with van der Waals surface area (Å²) in [5.41, 5.74) is -0.127. The molecule has 1 N–H and O–H groups in total. The average molecular weight is 302 g/mol. The SMILES string of the molecule is COc1cc(C2(CC(=O)O)CC2)cc(F)c1S(C)(=O)=O. The van der Waals surface area contributed by atoms with Gasteiger partial charge in [-0.1, -0.05) is 0 Å². The Morgan fingerprint density at radius 1 is 1.45 bits per heavy atom. The minimum Gasteiger partial charge on any atom is -0.495 e. The van der Waals surface area contributed by atoms with Crippen LogP contribution in [-0.4, -0.2) is 32.9 Å². The highest BCUT2D eigenvalue weighted by molar-refractivity contribution is 7.90. The van der Waals surface area contributed by atoms with Crippen LogP contribution in [0, 0.1) is 5.82 Å². The summed E-state index contributed by atoms with van der Waals surface area (Å²) < 4.78 is 42.2. The maximum Gasteiger partial charge on any atom is 0.304 e.